The van der Waals surface area contributed by atoms with Gasteiger partial charge < -0.3 is 0 Å². The Bertz CT molecular complexity index is 334. The molecule has 0 aromatic carbocycles. The van der Waals surface area contributed by atoms with Crippen molar-refractivity contribution in [2.75, 3.05) is 7.05 Å². The van der Waals surface area contributed by atoms with E-state index in [9.17, 15) is 0 Å². The van der Waals surface area contributed by atoms with Crippen molar-refractivity contribution in [3.05, 3.63) is 23.3 Å². The second-order valence-corrected chi connectivity index (χ2v) is 5.45. The lowest BCUT2D eigenvalue weighted by molar-refractivity contribution is 0.316. The standard InChI is InChI=1S/C13H20ClN/c1-9-6-7-13(3,4)8-11(9)10(2)12(14)15-5/h2,6-8H2,1,3-5H3/b15-12+. The van der Waals surface area contributed by atoms with Crippen molar-refractivity contribution in [3.63, 3.8) is 0 Å². The molecular weight excluding hydrogens is 206 g/mol. The summed E-state index contributed by atoms with van der Waals surface area (Å²) in [5.74, 6) is 0. The van der Waals surface area contributed by atoms with Crippen LogP contribution in [0.15, 0.2) is 28.3 Å². The van der Waals surface area contributed by atoms with Crippen LogP contribution in [0.2, 0.25) is 0 Å². The Balaban J connectivity index is 2.98. The third-order valence-corrected chi connectivity index (χ3v) is 3.55. The van der Waals surface area contributed by atoms with Gasteiger partial charge in [0.1, 0.15) is 5.17 Å². The van der Waals surface area contributed by atoms with Gasteiger partial charge in [0.05, 0.1) is 0 Å². The van der Waals surface area contributed by atoms with Crippen LogP contribution in [0.5, 0.6) is 0 Å². The third kappa shape index (κ3) is 2.94. The van der Waals surface area contributed by atoms with Crippen LogP contribution in [0.1, 0.15) is 40.0 Å². The summed E-state index contributed by atoms with van der Waals surface area (Å²) in [4.78, 5) is 3.99. The molecule has 0 spiro atoms. The first-order valence-corrected chi connectivity index (χ1v) is 5.76. The minimum Gasteiger partial charge on any atom is -0.276 e. The van der Waals surface area contributed by atoms with Gasteiger partial charge >= 0.3 is 0 Å². The van der Waals surface area contributed by atoms with E-state index in [0.29, 0.717) is 10.6 Å². The number of hydrogen-bond acceptors (Lipinski definition) is 1. The van der Waals surface area contributed by atoms with Crippen LogP contribution in [0.25, 0.3) is 0 Å². The van der Waals surface area contributed by atoms with Gasteiger partial charge in [-0.05, 0) is 37.2 Å². The van der Waals surface area contributed by atoms with E-state index in [1.807, 2.05) is 0 Å². The number of hydrogen-bond donors (Lipinski definition) is 0. The van der Waals surface area contributed by atoms with Gasteiger partial charge in [-0.1, -0.05) is 37.6 Å². The Hall–Kier alpha value is -0.560. The molecule has 0 saturated carbocycles. The van der Waals surface area contributed by atoms with Crippen LogP contribution >= 0.6 is 11.6 Å². The maximum Gasteiger partial charge on any atom is 0.130 e. The van der Waals surface area contributed by atoms with Crippen LogP contribution in [0, 0.1) is 5.41 Å². The first kappa shape index (κ1) is 12.5. The van der Waals surface area contributed by atoms with Crippen LogP contribution in [0.4, 0.5) is 0 Å². The van der Waals surface area contributed by atoms with Gasteiger partial charge in [-0.2, -0.15) is 0 Å². The second-order valence-electron chi connectivity index (χ2n) is 5.09. The van der Waals surface area contributed by atoms with E-state index in [-0.39, 0.29) is 0 Å². The molecular formula is C13H20ClN. The quantitative estimate of drug-likeness (QED) is 0.620. The zero-order chi connectivity index (χ0) is 11.6. The minimum atomic E-state index is 0.364. The van der Waals surface area contributed by atoms with Crippen molar-refractivity contribution in [2.24, 2.45) is 10.4 Å². The Morgan fingerprint density at radius 3 is 2.60 bits per heavy atom. The summed E-state index contributed by atoms with van der Waals surface area (Å²) in [5.41, 5.74) is 4.00. The molecule has 0 heterocycles. The first-order valence-electron chi connectivity index (χ1n) is 5.38. The molecule has 0 unspecified atom stereocenters. The molecule has 0 amide bonds. The molecule has 1 aliphatic rings. The maximum atomic E-state index is 6.02. The van der Waals surface area contributed by atoms with Gasteiger partial charge in [-0.15, -0.1) is 0 Å². The van der Waals surface area contributed by atoms with Crippen LogP contribution in [0.3, 0.4) is 0 Å². The lowest BCUT2D eigenvalue weighted by atomic mass is 9.73. The van der Waals surface area contributed by atoms with E-state index in [0.717, 1.165) is 18.4 Å². The smallest absolute Gasteiger partial charge is 0.130 e. The van der Waals surface area contributed by atoms with E-state index in [4.69, 9.17) is 11.6 Å². The van der Waals surface area contributed by atoms with E-state index in [2.05, 4.69) is 32.3 Å². The summed E-state index contributed by atoms with van der Waals surface area (Å²) in [7, 11) is 1.71. The van der Waals surface area contributed by atoms with Crippen LogP contribution in [-0.2, 0) is 0 Å². The first-order chi connectivity index (χ1) is 6.87. The third-order valence-electron chi connectivity index (χ3n) is 3.16. The Kier molecular flexibility index (Phi) is 3.77. The Morgan fingerprint density at radius 1 is 1.47 bits per heavy atom. The lowest BCUT2D eigenvalue weighted by Crippen LogP contribution is -2.19. The summed E-state index contributed by atoms with van der Waals surface area (Å²) in [6.45, 7) is 10.8. The Morgan fingerprint density at radius 2 is 2.07 bits per heavy atom. The number of rotatable bonds is 2. The van der Waals surface area contributed by atoms with Gasteiger partial charge in [0.15, 0.2) is 0 Å². The van der Waals surface area contributed by atoms with Gasteiger partial charge in [-0.25, -0.2) is 0 Å². The molecule has 0 bridgehead atoms. The lowest BCUT2D eigenvalue weighted by Gasteiger charge is -2.33. The number of allylic oxidation sites excluding steroid dienone is 3. The summed E-state index contributed by atoms with van der Waals surface area (Å²) in [5, 5.41) is 0.544. The molecule has 0 aromatic rings. The van der Waals surface area contributed by atoms with Gasteiger partial charge in [-0.3, -0.25) is 4.99 Å². The zero-order valence-electron chi connectivity index (χ0n) is 10.2. The fourth-order valence-electron chi connectivity index (χ4n) is 2.02. The highest BCUT2D eigenvalue weighted by atomic mass is 35.5. The van der Waals surface area contributed by atoms with Crippen molar-refractivity contribution in [1.82, 2.24) is 0 Å². The molecule has 84 valence electrons. The number of nitrogens with zero attached hydrogens (tertiary/aromatic N) is 1. The maximum absolute atomic E-state index is 6.02. The van der Waals surface area contributed by atoms with Gasteiger partial charge in [0.25, 0.3) is 0 Å². The predicted molar refractivity (Wildman–Crippen MR) is 68.7 cm³/mol. The van der Waals surface area contributed by atoms with Gasteiger partial charge in [0.2, 0.25) is 0 Å². The van der Waals surface area contributed by atoms with Gasteiger partial charge in [0, 0.05) is 12.6 Å². The molecule has 0 radical (unpaired) electrons. The van der Waals surface area contributed by atoms with E-state index in [1.165, 1.54) is 17.6 Å². The highest BCUT2D eigenvalue weighted by molar-refractivity contribution is 6.70. The van der Waals surface area contributed by atoms with Crippen molar-refractivity contribution in [3.8, 4) is 0 Å². The molecule has 1 rings (SSSR count). The fourth-order valence-corrected chi connectivity index (χ4v) is 2.13. The summed E-state index contributed by atoms with van der Waals surface area (Å²) in [6, 6.07) is 0. The fraction of sp³-hybridized carbons (Fsp3) is 0.615. The minimum absolute atomic E-state index is 0.364. The molecule has 1 nitrogen and oxygen atoms in total. The van der Waals surface area contributed by atoms with Crippen LogP contribution < -0.4 is 0 Å². The molecule has 0 saturated heterocycles. The topological polar surface area (TPSA) is 12.4 Å². The molecule has 0 atom stereocenters. The monoisotopic (exact) mass is 225 g/mol. The SMILES string of the molecule is C=C(C1=C(C)CCC(C)(C)C1)/C(Cl)=N\C. The molecule has 0 N–H and O–H groups in total. The molecule has 0 fully saturated rings. The molecule has 0 aliphatic heterocycles. The summed E-state index contributed by atoms with van der Waals surface area (Å²) < 4.78 is 0. The average molecular weight is 226 g/mol. The molecule has 2 heteroatoms. The van der Waals surface area contributed by atoms with E-state index in [1.54, 1.807) is 7.05 Å². The van der Waals surface area contributed by atoms with Crippen molar-refractivity contribution in [1.29, 1.82) is 0 Å². The van der Waals surface area contributed by atoms with E-state index >= 15 is 0 Å². The van der Waals surface area contributed by atoms with Crippen LogP contribution in [-0.4, -0.2) is 12.2 Å². The predicted octanol–water partition coefficient (Wildman–Crippen LogP) is 4.34. The van der Waals surface area contributed by atoms with Crippen molar-refractivity contribution in [2.45, 2.75) is 40.0 Å². The summed E-state index contributed by atoms with van der Waals surface area (Å²) in [6.07, 6.45) is 3.45. The molecule has 1 aliphatic carbocycles. The number of aliphatic imine (C=N–C) groups is 1. The van der Waals surface area contributed by atoms with E-state index < -0.39 is 0 Å². The van der Waals surface area contributed by atoms with Crippen molar-refractivity contribution < 1.29 is 0 Å². The highest BCUT2D eigenvalue weighted by Crippen LogP contribution is 2.41. The number of halogens is 1. The average Bonchev–Trinajstić information content (AvgIpc) is 2.19. The highest BCUT2D eigenvalue weighted by Gasteiger charge is 2.27. The normalized spacial score (nSPS) is 21.8. The molecule has 15 heavy (non-hydrogen) atoms. The second kappa shape index (κ2) is 4.52. The largest absolute Gasteiger partial charge is 0.276 e. The van der Waals surface area contributed by atoms with Crippen molar-refractivity contribution >= 4 is 16.8 Å². The molecule has 0 aromatic heterocycles. The zero-order valence-corrected chi connectivity index (χ0v) is 10.9. The Labute approximate surface area is 97.9 Å². The summed E-state index contributed by atoms with van der Waals surface area (Å²) >= 11 is 6.02.